The Morgan fingerprint density at radius 3 is 2.42 bits per heavy atom. The number of halogens is 1. The maximum Gasteiger partial charge on any atom is 0.123 e. The van der Waals surface area contributed by atoms with E-state index in [4.69, 9.17) is 0 Å². The Kier molecular flexibility index (Phi) is 4.48. The lowest BCUT2D eigenvalue weighted by Crippen LogP contribution is -1.97. The van der Waals surface area contributed by atoms with Crippen LogP contribution in [0.4, 0.5) is 10.1 Å². The third-order valence-corrected chi connectivity index (χ3v) is 4.26. The maximum absolute atomic E-state index is 13.1. The van der Waals surface area contributed by atoms with Crippen molar-refractivity contribution in [2.45, 2.75) is 6.54 Å². The molecule has 0 bridgehead atoms. The van der Waals surface area contributed by atoms with Gasteiger partial charge in [0, 0.05) is 29.2 Å². The summed E-state index contributed by atoms with van der Waals surface area (Å²) in [7, 11) is 0. The van der Waals surface area contributed by atoms with Crippen LogP contribution >= 0.6 is 0 Å². The van der Waals surface area contributed by atoms with Crippen molar-refractivity contribution in [2.24, 2.45) is 5.10 Å². The van der Waals surface area contributed by atoms with Crippen molar-refractivity contribution >= 4 is 22.8 Å². The normalized spacial score (nSPS) is 11.3. The zero-order valence-electron chi connectivity index (χ0n) is 14.1. The van der Waals surface area contributed by atoms with Gasteiger partial charge < -0.3 is 4.57 Å². The predicted octanol–water partition coefficient (Wildman–Crippen LogP) is 5.27. The van der Waals surface area contributed by atoms with Gasteiger partial charge in [-0.15, -0.1) is 0 Å². The van der Waals surface area contributed by atoms with Gasteiger partial charge in [0.15, 0.2) is 0 Å². The van der Waals surface area contributed by atoms with Crippen LogP contribution in [0.5, 0.6) is 0 Å². The van der Waals surface area contributed by atoms with Crippen molar-refractivity contribution in [3.8, 4) is 0 Å². The van der Waals surface area contributed by atoms with Crippen molar-refractivity contribution in [1.82, 2.24) is 4.57 Å². The molecular weight excluding hydrogens is 325 g/mol. The molecule has 0 fully saturated rings. The number of nitrogens with one attached hydrogen (secondary N) is 1. The van der Waals surface area contributed by atoms with E-state index in [1.165, 1.54) is 12.1 Å². The molecule has 0 unspecified atom stereocenters. The summed E-state index contributed by atoms with van der Waals surface area (Å²) < 4.78 is 15.3. The molecule has 4 rings (SSSR count). The van der Waals surface area contributed by atoms with Gasteiger partial charge in [0.05, 0.1) is 11.9 Å². The number of anilines is 1. The molecule has 0 aliphatic carbocycles. The van der Waals surface area contributed by atoms with E-state index in [0.29, 0.717) is 6.54 Å². The van der Waals surface area contributed by atoms with Crippen LogP contribution in [0.1, 0.15) is 11.1 Å². The first kappa shape index (κ1) is 16.1. The minimum absolute atomic E-state index is 0.217. The van der Waals surface area contributed by atoms with Crippen molar-refractivity contribution in [2.75, 3.05) is 5.43 Å². The number of benzene rings is 3. The Balaban J connectivity index is 1.62. The van der Waals surface area contributed by atoms with Crippen LogP contribution in [-0.2, 0) is 6.54 Å². The smallest absolute Gasteiger partial charge is 0.123 e. The lowest BCUT2D eigenvalue weighted by molar-refractivity contribution is 0.626. The fraction of sp³-hybridized carbons (Fsp3) is 0.0455. The Hall–Kier alpha value is -3.40. The maximum atomic E-state index is 13.1. The van der Waals surface area contributed by atoms with Crippen molar-refractivity contribution in [3.05, 3.63) is 102 Å². The number of hydrazone groups is 1. The molecule has 4 heteroatoms. The number of aromatic nitrogens is 1. The molecule has 1 aromatic heterocycles. The highest BCUT2D eigenvalue weighted by Crippen LogP contribution is 2.21. The minimum Gasteiger partial charge on any atom is -0.342 e. The first-order valence-corrected chi connectivity index (χ1v) is 8.46. The number of hydrogen-bond acceptors (Lipinski definition) is 2. The fourth-order valence-corrected chi connectivity index (χ4v) is 2.98. The Morgan fingerprint density at radius 1 is 0.885 bits per heavy atom. The van der Waals surface area contributed by atoms with Crippen LogP contribution in [0.2, 0.25) is 0 Å². The monoisotopic (exact) mass is 343 g/mol. The molecular formula is C22H18FN3. The van der Waals surface area contributed by atoms with E-state index < -0.39 is 0 Å². The molecule has 4 aromatic rings. The van der Waals surface area contributed by atoms with Gasteiger partial charge in [0.2, 0.25) is 0 Å². The number of hydrogen-bond donors (Lipinski definition) is 1. The van der Waals surface area contributed by atoms with Crippen molar-refractivity contribution < 1.29 is 4.39 Å². The molecule has 1 heterocycles. The molecule has 3 aromatic carbocycles. The van der Waals surface area contributed by atoms with Crippen LogP contribution in [0.15, 0.2) is 90.2 Å². The van der Waals surface area contributed by atoms with Gasteiger partial charge in [-0.25, -0.2) is 4.39 Å². The van der Waals surface area contributed by atoms with Gasteiger partial charge in [0.1, 0.15) is 5.82 Å². The minimum atomic E-state index is -0.217. The highest BCUT2D eigenvalue weighted by molar-refractivity contribution is 5.99. The number of rotatable bonds is 5. The Bertz CT molecular complexity index is 1030. The summed E-state index contributed by atoms with van der Waals surface area (Å²) in [6.45, 7) is 0.681. The third-order valence-electron chi connectivity index (χ3n) is 4.26. The molecule has 0 atom stereocenters. The number of nitrogens with zero attached hydrogens (tertiary/aromatic N) is 2. The SMILES string of the molecule is Fc1ccc(Cn2cc(/C=N\Nc3ccccc3)c3ccccc32)cc1. The molecule has 3 nitrogen and oxygen atoms in total. The molecule has 0 saturated carbocycles. The summed E-state index contributed by atoms with van der Waals surface area (Å²) in [4.78, 5) is 0. The average Bonchev–Trinajstić information content (AvgIpc) is 3.02. The Labute approximate surface area is 151 Å². The molecule has 0 amide bonds. The van der Waals surface area contributed by atoms with E-state index in [1.54, 1.807) is 0 Å². The molecule has 26 heavy (non-hydrogen) atoms. The van der Waals surface area contributed by atoms with Crippen LogP contribution in [0.3, 0.4) is 0 Å². The largest absolute Gasteiger partial charge is 0.342 e. The molecule has 0 radical (unpaired) electrons. The van der Waals surface area contributed by atoms with Gasteiger partial charge in [-0.3, -0.25) is 5.43 Å². The molecule has 0 aliphatic rings. The number of fused-ring (bicyclic) bond motifs is 1. The fourth-order valence-electron chi connectivity index (χ4n) is 2.98. The Morgan fingerprint density at radius 2 is 1.62 bits per heavy atom. The average molecular weight is 343 g/mol. The highest BCUT2D eigenvalue weighted by Gasteiger charge is 2.07. The van der Waals surface area contributed by atoms with Gasteiger partial charge in [-0.2, -0.15) is 5.10 Å². The van der Waals surface area contributed by atoms with Crippen LogP contribution in [-0.4, -0.2) is 10.8 Å². The summed E-state index contributed by atoms with van der Waals surface area (Å²) in [6.07, 6.45) is 3.90. The zero-order chi connectivity index (χ0) is 17.8. The summed E-state index contributed by atoms with van der Waals surface area (Å²) >= 11 is 0. The third kappa shape index (κ3) is 3.49. The van der Waals surface area contributed by atoms with Gasteiger partial charge >= 0.3 is 0 Å². The number of para-hydroxylation sites is 2. The predicted molar refractivity (Wildman–Crippen MR) is 105 cm³/mol. The lowest BCUT2D eigenvalue weighted by Gasteiger charge is -2.05. The summed E-state index contributed by atoms with van der Waals surface area (Å²) in [5.74, 6) is -0.217. The van der Waals surface area contributed by atoms with E-state index in [2.05, 4.69) is 33.4 Å². The van der Waals surface area contributed by atoms with E-state index in [1.807, 2.05) is 60.8 Å². The topological polar surface area (TPSA) is 29.3 Å². The van der Waals surface area contributed by atoms with E-state index in [0.717, 1.165) is 27.7 Å². The van der Waals surface area contributed by atoms with E-state index >= 15 is 0 Å². The second kappa shape index (κ2) is 7.23. The molecule has 128 valence electrons. The molecule has 0 spiro atoms. The van der Waals surface area contributed by atoms with E-state index in [-0.39, 0.29) is 5.82 Å². The lowest BCUT2D eigenvalue weighted by atomic mass is 10.2. The second-order valence-corrected chi connectivity index (χ2v) is 6.09. The van der Waals surface area contributed by atoms with Crippen LogP contribution in [0.25, 0.3) is 10.9 Å². The summed E-state index contributed by atoms with van der Waals surface area (Å²) in [5, 5.41) is 5.49. The van der Waals surface area contributed by atoms with Crippen LogP contribution < -0.4 is 5.43 Å². The van der Waals surface area contributed by atoms with Gasteiger partial charge in [-0.05, 0) is 35.9 Å². The molecule has 0 saturated heterocycles. The second-order valence-electron chi connectivity index (χ2n) is 6.09. The first-order chi connectivity index (χ1) is 12.8. The van der Waals surface area contributed by atoms with Crippen molar-refractivity contribution in [1.29, 1.82) is 0 Å². The van der Waals surface area contributed by atoms with Crippen LogP contribution in [0, 0.1) is 5.82 Å². The zero-order valence-corrected chi connectivity index (χ0v) is 14.1. The molecule has 0 aliphatic heterocycles. The van der Waals surface area contributed by atoms with Crippen molar-refractivity contribution in [3.63, 3.8) is 0 Å². The van der Waals surface area contributed by atoms with E-state index in [9.17, 15) is 4.39 Å². The quantitative estimate of drug-likeness (QED) is 0.388. The van der Waals surface area contributed by atoms with Gasteiger partial charge in [-0.1, -0.05) is 48.5 Å². The van der Waals surface area contributed by atoms with Gasteiger partial charge in [0.25, 0.3) is 0 Å². The first-order valence-electron chi connectivity index (χ1n) is 8.46. The molecule has 1 N–H and O–H groups in total. The standard InChI is InChI=1S/C22H18FN3/c23-19-12-10-17(11-13-19)15-26-16-18(21-8-4-5-9-22(21)26)14-24-25-20-6-2-1-3-7-20/h1-14,16,25H,15H2/b24-14-. The summed E-state index contributed by atoms with van der Waals surface area (Å²) in [6, 6.07) is 24.7. The highest BCUT2D eigenvalue weighted by atomic mass is 19.1. The summed E-state index contributed by atoms with van der Waals surface area (Å²) in [5.41, 5.74) is 7.20.